The monoisotopic (exact) mass is 397 g/mol. The van der Waals surface area contributed by atoms with Crippen LogP contribution in [0.15, 0.2) is 36.4 Å². The fraction of sp³-hybridized carbons (Fsp3) is 0.318. The second-order valence-corrected chi connectivity index (χ2v) is 12.0. The first-order chi connectivity index (χ1) is 13.3. The zero-order valence-electron chi connectivity index (χ0n) is 17.3. The number of hydrogen-bond acceptors (Lipinski definition) is 4. The van der Waals surface area contributed by atoms with Gasteiger partial charge in [0.2, 0.25) is 0 Å². The molecule has 28 heavy (non-hydrogen) atoms. The Bertz CT molecular complexity index is 890. The van der Waals surface area contributed by atoms with Crippen molar-refractivity contribution in [3.63, 3.8) is 0 Å². The molecule has 2 rings (SSSR count). The highest BCUT2D eigenvalue weighted by molar-refractivity contribution is 6.83. The molecular formula is C22H27NO4Si. The number of methoxy groups -OCH3 is 3. The molecule has 0 radical (unpaired) electrons. The molecule has 1 N–H and O–H groups in total. The summed E-state index contributed by atoms with van der Waals surface area (Å²) in [6.07, 6.45) is 0. The summed E-state index contributed by atoms with van der Waals surface area (Å²) in [6.45, 7) is 6.87. The lowest BCUT2D eigenvalue weighted by Crippen LogP contribution is -2.24. The highest BCUT2D eigenvalue weighted by Gasteiger charge is 2.17. The lowest BCUT2D eigenvalue weighted by Gasteiger charge is -2.13. The van der Waals surface area contributed by atoms with Crippen LogP contribution < -0.4 is 19.5 Å². The molecule has 0 spiro atoms. The van der Waals surface area contributed by atoms with Crippen molar-refractivity contribution < 1.29 is 19.0 Å². The normalized spacial score (nSPS) is 10.5. The standard InChI is InChI=1S/C22H27NO4Si/c1-25-18-9-7-16(8-10-18)15-23-22(24)19-14-21(27-3)20(26-2)13-17(19)11-12-28(4,5)6/h7-10,13-14H,15H2,1-6H3,(H,23,24). The maximum atomic E-state index is 12.9. The van der Waals surface area contributed by atoms with Crippen molar-refractivity contribution in [2.75, 3.05) is 21.3 Å². The Balaban J connectivity index is 2.31. The van der Waals surface area contributed by atoms with Gasteiger partial charge in [-0.25, -0.2) is 0 Å². The summed E-state index contributed by atoms with van der Waals surface area (Å²) in [5.74, 6) is 4.78. The zero-order chi connectivity index (χ0) is 20.7. The third kappa shape index (κ3) is 5.79. The topological polar surface area (TPSA) is 56.8 Å². The number of nitrogens with one attached hydrogen (secondary N) is 1. The summed E-state index contributed by atoms with van der Waals surface area (Å²) in [6, 6.07) is 11.0. The second-order valence-electron chi connectivity index (χ2n) is 7.28. The Morgan fingerprint density at radius 1 is 0.964 bits per heavy atom. The molecule has 0 aliphatic heterocycles. The molecule has 0 aliphatic carbocycles. The molecule has 0 heterocycles. The molecule has 1 amide bonds. The van der Waals surface area contributed by atoms with Crippen LogP contribution >= 0.6 is 0 Å². The van der Waals surface area contributed by atoms with Gasteiger partial charge in [0.05, 0.1) is 26.9 Å². The molecule has 0 fully saturated rings. The molecule has 0 saturated heterocycles. The van der Waals surface area contributed by atoms with E-state index in [-0.39, 0.29) is 5.91 Å². The highest BCUT2D eigenvalue weighted by atomic mass is 28.3. The van der Waals surface area contributed by atoms with E-state index in [1.807, 2.05) is 24.3 Å². The minimum absolute atomic E-state index is 0.211. The summed E-state index contributed by atoms with van der Waals surface area (Å²) < 4.78 is 15.9. The van der Waals surface area contributed by atoms with E-state index in [2.05, 4.69) is 36.4 Å². The van der Waals surface area contributed by atoms with Gasteiger partial charge in [-0.2, -0.15) is 0 Å². The Morgan fingerprint density at radius 2 is 1.57 bits per heavy atom. The highest BCUT2D eigenvalue weighted by Crippen LogP contribution is 2.30. The van der Waals surface area contributed by atoms with Gasteiger partial charge < -0.3 is 19.5 Å². The van der Waals surface area contributed by atoms with E-state index in [0.717, 1.165) is 11.3 Å². The van der Waals surface area contributed by atoms with Crippen molar-refractivity contribution in [2.45, 2.75) is 26.2 Å². The smallest absolute Gasteiger partial charge is 0.252 e. The lowest BCUT2D eigenvalue weighted by atomic mass is 10.1. The van der Waals surface area contributed by atoms with E-state index in [1.165, 1.54) is 0 Å². The van der Waals surface area contributed by atoms with Crippen LogP contribution in [0.3, 0.4) is 0 Å². The van der Waals surface area contributed by atoms with E-state index in [4.69, 9.17) is 14.2 Å². The van der Waals surface area contributed by atoms with Crippen molar-refractivity contribution in [3.05, 3.63) is 53.1 Å². The van der Waals surface area contributed by atoms with Gasteiger partial charge in [-0.15, -0.1) is 5.54 Å². The number of carbonyl (C=O) groups excluding carboxylic acids is 1. The fourth-order valence-corrected chi connectivity index (χ4v) is 2.96. The molecule has 2 aromatic rings. The first-order valence-corrected chi connectivity index (χ1v) is 12.5. The summed E-state index contributed by atoms with van der Waals surface area (Å²) in [7, 11) is 3.13. The van der Waals surface area contributed by atoms with Crippen LogP contribution in [0.5, 0.6) is 17.2 Å². The lowest BCUT2D eigenvalue weighted by molar-refractivity contribution is 0.0950. The average molecular weight is 398 g/mol. The average Bonchev–Trinajstić information content (AvgIpc) is 2.69. The summed E-state index contributed by atoms with van der Waals surface area (Å²) in [5.41, 5.74) is 5.38. The largest absolute Gasteiger partial charge is 0.497 e. The quantitative estimate of drug-likeness (QED) is 0.594. The van der Waals surface area contributed by atoms with Gasteiger partial charge in [-0.05, 0) is 23.8 Å². The third-order valence-electron chi connectivity index (χ3n) is 3.95. The zero-order valence-corrected chi connectivity index (χ0v) is 18.3. The fourth-order valence-electron chi connectivity index (χ4n) is 2.45. The molecule has 0 bridgehead atoms. The molecule has 0 saturated carbocycles. The third-order valence-corrected chi connectivity index (χ3v) is 4.83. The number of benzene rings is 2. The van der Waals surface area contributed by atoms with Gasteiger partial charge in [0, 0.05) is 18.2 Å². The van der Waals surface area contributed by atoms with Crippen LogP contribution in [-0.2, 0) is 6.54 Å². The van der Waals surface area contributed by atoms with Crippen LogP contribution in [0.25, 0.3) is 0 Å². The van der Waals surface area contributed by atoms with Crippen molar-refractivity contribution in [1.82, 2.24) is 5.32 Å². The first-order valence-electron chi connectivity index (χ1n) is 8.97. The number of rotatable bonds is 6. The Labute approximate surface area is 168 Å². The maximum Gasteiger partial charge on any atom is 0.252 e. The molecule has 5 nitrogen and oxygen atoms in total. The molecule has 0 unspecified atom stereocenters. The summed E-state index contributed by atoms with van der Waals surface area (Å²) in [4.78, 5) is 12.9. The first kappa shape index (κ1) is 21.4. The van der Waals surface area contributed by atoms with Crippen molar-refractivity contribution in [2.24, 2.45) is 0 Å². The van der Waals surface area contributed by atoms with Crippen LogP contribution in [0.1, 0.15) is 21.5 Å². The summed E-state index contributed by atoms with van der Waals surface area (Å²) >= 11 is 0. The molecule has 0 atom stereocenters. The van der Waals surface area contributed by atoms with Gasteiger partial charge in [0.25, 0.3) is 5.91 Å². The van der Waals surface area contributed by atoms with E-state index in [9.17, 15) is 4.79 Å². The van der Waals surface area contributed by atoms with Crippen LogP contribution in [-0.4, -0.2) is 35.3 Å². The van der Waals surface area contributed by atoms with Crippen molar-refractivity contribution in [1.29, 1.82) is 0 Å². The van der Waals surface area contributed by atoms with Gasteiger partial charge in [-0.1, -0.05) is 37.7 Å². The molecule has 2 aromatic carbocycles. The number of hydrogen-bond donors (Lipinski definition) is 1. The molecule has 6 heteroatoms. The van der Waals surface area contributed by atoms with E-state index in [1.54, 1.807) is 33.5 Å². The van der Waals surface area contributed by atoms with E-state index >= 15 is 0 Å². The van der Waals surface area contributed by atoms with Crippen molar-refractivity contribution >= 4 is 14.0 Å². The second kappa shape index (κ2) is 9.33. The van der Waals surface area contributed by atoms with E-state index < -0.39 is 8.07 Å². The van der Waals surface area contributed by atoms with Gasteiger partial charge in [-0.3, -0.25) is 4.79 Å². The predicted molar refractivity (Wildman–Crippen MR) is 114 cm³/mol. The van der Waals surface area contributed by atoms with Gasteiger partial charge in [0.1, 0.15) is 13.8 Å². The van der Waals surface area contributed by atoms with Crippen LogP contribution in [0.4, 0.5) is 0 Å². The van der Waals surface area contributed by atoms with Gasteiger partial charge in [0.15, 0.2) is 11.5 Å². The Hall–Kier alpha value is -2.91. The van der Waals surface area contributed by atoms with Crippen molar-refractivity contribution in [3.8, 4) is 28.7 Å². The number of ether oxygens (including phenoxy) is 3. The van der Waals surface area contributed by atoms with Crippen LogP contribution in [0.2, 0.25) is 19.6 Å². The Kier molecular flexibility index (Phi) is 7.13. The van der Waals surface area contributed by atoms with E-state index in [0.29, 0.717) is 29.2 Å². The molecule has 0 aromatic heterocycles. The van der Waals surface area contributed by atoms with Crippen LogP contribution in [0, 0.1) is 11.5 Å². The SMILES string of the molecule is COc1ccc(CNC(=O)c2cc(OC)c(OC)cc2C#C[Si](C)(C)C)cc1. The minimum atomic E-state index is -1.60. The Morgan fingerprint density at radius 3 is 2.11 bits per heavy atom. The maximum absolute atomic E-state index is 12.9. The molecule has 148 valence electrons. The number of carbonyl (C=O) groups is 1. The predicted octanol–water partition coefficient (Wildman–Crippen LogP) is 3.87. The minimum Gasteiger partial charge on any atom is -0.497 e. The van der Waals surface area contributed by atoms with Gasteiger partial charge >= 0.3 is 0 Å². The molecular weight excluding hydrogens is 370 g/mol. The summed E-state index contributed by atoms with van der Waals surface area (Å²) in [5, 5.41) is 2.95. The number of amides is 1. The molecule has 0 aliphatic rings.